The molecule has 0 aromatic heterocycles. The van der Waals surface area contributed by atoms with Gasteiger partial charge in [-0.15, -0.1) is 5.75 Å². The molecular formula is C8H10NO2-. The van der Waals surface area contributed by atoms with Crippen molar-refractivity contribution < 1.29 is 10.3 Å². The summed E-state index contributed by atoms with van der Waals surface area (Å²) >= 11 is 0. The summed E-state index contributed by atoms with van der Waals surface area (Å²) in [6.45, 7) is 2.34. The van der Waals surface area contributed by atoms with Crippen molar-refractivity contribution in [1.29, 1.82) is 0 Å². The first kappa shape index (κ1) is 7.88. The lowest BCUT2D eigenvalue weighted by molar-refractivity contribution is -0.268. The van der Waals surface area contributed by atoms with E-state index in [1.165, 1.54) is 12.1 Å². The number of nitrogens with zero attached hydrogens (tertiary/aromatic N) is 1. The number of benzene rings is 1. The quantitative estimate of drug-likeness (QED) is 0.642. The highest BCUT2D eigenvalue weighted by Crippen LogP contribution is 2.14. The summed E-state index contributed by atoms with van der Waals surface area (Å²) in [5, 5.41) is 20.9. The van der Waals surface area contributed by atoms with Crippen molar-refractivity contribution in [2.75, 3.05) is 11.6 Å². The highest BCUT2D eigenvalue weighted by molar-refractivity contribution is 5.45. The van der Waals surface area contributed by atoms with Gasteiger partial charge in [-0.05, 0) is 19.1 Å². The van der Waals surface area contributed by atoms with E-state index in [9.17, 15) is 5.11 Å². The summed E-state index contributed by atoms with van der Waals surface area (Å²) < 4.78 is 0. The van der Waals surface area contributed by atoms with E-state index in [0.717, 1.165) is 5.06 Å². The molecule has 3 heteroatoms. The predicted molar refractivity (Wildman–Crippen MR) is 40.7 cm³/mol. The van der Waals surface area contributed by atoms with Crippen LogP contribution in [-0.2, 0) is 0 Å². The van der Waals surface area contributed by atoms with Crippen LogP contribution in [0.25, 0.3) is 0 Å². The predicted octanol–water partition coefficient (Wildman–Crippen LogP) is 0.976. The molecule has 1 aromatic rings. The van der Waals surface area contributed by atoms with E-state index in [1.54, 1.807) is 12.1 Å². The maximum atomic E-state index is 10.6. The largest absolute Gasteiger partial charge is 0.872 e. The van der Waals surface area contributed by atoms with E-state index < -0.39 is 0 Å². The number of anilines is 1. The molecule has 0 amide bonds. The molecule has 0 radical (unpaired) electrons. The minimum absolute atomic E-state index is 0.0433. The van der Waals surface area contributed by atoms with Crippen LogP contribution in [0.1, 0.15) is 6.92 Å². The first-order chi connectivity index (χ1) is 5.24. The second kappa shape index (κ2) is 3.25. The average Bonchev–Trinajstić information content (AvgIpc) is 2.05. The minimum Gasteiger partial charge on any atom is -0.872 e. The van der Waals surface area contributed by atoms with E-state index in [2.05, 4.69) is 0 Å². The molecule has 0 fully saturated rings. The minimum atomic E-state index is -0.0433. The van der Waals surface area contributed by atoms with E-state index in [-0.39, 0.29) is 5.75 Å². The third-order valence-electron chi connectivity index (χ3n) is 1.43. The Morgan fingerprint density at radius 2 is 1.91 bits per heavy atom. The summed E-state index contributed by atoms with van der Waals surface area (Å²) in [6, 6.07) is 6.03. The van der Waals surface area contributed by atoms with Crippen molar-refractivity contribution >= 4 is 5.69 Å². The Morgan fingerprint density at radius 3 is 2.36 bits per heavy atom. The Labute approximate surface area is 65.5 Å². The van der Waals surface area contributed by atoms with Gasteiger partial charge in [-0.3, -0.25) is 10.3 Å². The van der Waals surface area contributed by atoms with Crippen LogP contribution in [0, 0.1) is 0 Å². The van der Waals surface area contributed by atoms with Crippen molar-refractivity contribution in [1.82, 2.24) is 0 Å². The van der Waals surface area contributed by atoms with Gasteiger partial charge in [-0.25, -0.2) is 0 Å². The van der Waals surface area contributed by atoms with Gasteiger partial charge in [-0.2, -0.15) is 0 Å². The zero-order chi connectivity index (χ0) is 8.27. The van der Waals surface area contributed by atoms with Crippen molar-refractivity contribution in [3.05, 3.63) is 24.3 Å². The zero-order valence-corrected chi connectivity index (χ0v) is 6.32. The maximum Gasteiger partial charge on any atom is 0.0633 e. The average molecular weight is 152 g/mol. The highest BCUT2D eigenvalue weighted by atomic mass is 16.5. The monoisotopic (exact) mass is 152 g/mol. The van der Waals surface area contributed by atoms with Gasteiger partial charge in [-0.1, -0.05) is 12.1 Å². The Balaban J connectivity index is 2.81. The molecule has 0 saturated carbocycles. The highest BCUT2D eigenvalue weighted by Gasteiger charge is 1.95. The lowest BCUT2D eigenvalue weighted by atomic mass is 10.3. The Kier molecular flexibility index (Phi) is 2.33. The molecule has 11 heavy (non-hydrogen) atoms. The molecule has 0 unspecified atom stereocenters. The van der Waals surface area contributed by atoms with Crippen LogP contribution in [0.2, 0.25) is 0 Å². The normalized spacial score (nSPS) is 9.64. The SMILES string of the molecule is CCN(O)c1ccc([O-])cc1. The van der Waals surface area contributed by atoms with Gasteiger partial charge >= 0.3 is 0 Å². The van der Waals surface area contributed by atoms with Crippen LogP contribution in [-0.4, -0.2) is 11.8 Å². The molecular weight excluding hydrogens is 142 g/mol. The van der Waals surface area contributed by atoms with Crippen LogP contribution in [0.5, 0.6) is 5.75 Å². The fraction of sp³-hybridized carbons (Fsp3) is 0.250. The molecule has 1 aromatic carbocycles. The van der Waals surface area contributed by atoms with Gasteiger partial charge in [0.25, 0.3) is 0 Å². The third kappa shape index (κ3) is 1.85. The van der Waals surface area contributed by atoms with E-state index in [4.69, 9.17) is 5.21 Å². The van der Waals surface area contributed by atoms with Crippen molar-refractivity contribution in [2.45, 2.75) is 6.92 Å². The topological polar surface area (TPSA) is 46.5 Å². The molecule has 60 valence electrons. The molecule has 0 saturated heterocycles. The Morgan fingerprint density at radius 1 is 1.36 bits per heavy atom. The molecule has 0 atom stereocenters. The van der Waals surface area contributed by atoms with Gasteiger partial charge in [0.15, 0.2) is 0 Å². The fourth-order valence-corrected chi connectivity index (χ4v) is 0.801. The van der Waals surface area contributed by atoms with Gasteiger partial charge in [0.2, 0.25) is 0 Å². The number of hydroxylamine groups is 1. The molecule has 0 aliphatic carbocycles. The van der Waals surface area contributed by atoms with E-state index in [0.29, 0.717) is 12.2 Å². The van der Waals surface area contributed by atoms with Crippen molar-refractivity contribution in [2.24, 2.45) is 0 Å². The first-order valence-corrected chi connectivity index (χ1v) is 3.47. The van der Waals surface area contributed by atoms with Gasteiger partial charge in [0.1, 0.15) is 0 Å². The van der Waals surface area contributed by atoms with E-state index in [1.807, 2.05) is 6.92 Å². The van der Waals surface area contributed by atoms with Crippen molar-refractivity contribution in [3.63, 3.8) is 0 Å². The molecule has 0 aliphatic rings. The number of hydrogen-bond acceptors (Lipinski definition) is 3. The molecule has 1 N–H and O–H groups in total. The summed E-state index contributed by atoms with van der Waals surface area (Å²) in [5.74, 6) is -0.0433. The lowest BCUT2D eigenvalue weighted by Gasteiger charge is -2.15. The summed E-state index contributed by atoms with van der Waals surface area (Å²) in [7, 11) is 0. The van der Waals surface area contributed by atoms with E-state index >= 15 is 0 Å². The molecule has 0 aliphatic heterocycles. The zero-order valence-electron chi connectivity index (χ0n) is 6.32. The fourth-order valence-electron chi connectivity index (χ4n) is 0.801. The number of hydrogen-bond donors (Lipinski definition) is 1. The molecule has 0 bridgehead atoms. The third-order valence-corrected chi connectivity index (χ3v) is 1.43. The molecule has 3 nitrogen and oxygen atoms in total. The van der Waals surface area contributed by atoms with Crippen LogP contribution >= 0.6 is 0 Å². The van der Waals surface area contributed by atoms with Crippen LogP contribution in [0.4, 0.5) is 5.69 Å². The van der Waals surface area contributed by atoms with Crippen LogP contribution in [0.3, 0.4) is 0 Å². The van der Waals surface area contributed by atoms with Crippen LogP contribution in [0.15, 0.2) is 24.3 Å². The first-order valence-electron chi connectivity index (χ1n) is 3.47. The van der Waals surface area contributed by atoms with Gasteiger partial charge in [0, 0.05) is 6.54 Å². The lowest BCUT2D eigenvalue weighted by Crippen LogP contribution is -2.16. The maximum absolute atomic E-state index is 10.6. The summed E-state index contributed by atoms with van der Waals surface area (Å²) in [5.41, 5.74) is 0.645. The second-order valence-electron chi connectivity index (χ2n) is 2.21. The number of rotatable bonds is 2. The van der Waals surface area contributed by atoms with Gasteiger partial charge < -0.3 is 5.11 Å². The molecule has 1 rings (SSSR count). The second-order valence-corrected chi connectivity index (χ2v) is 2.21. The Hall–Kier alpha value is -1.22. The van der Waals surface area contributed by atoms with Gasteiger partial charge in [0.05, 0.1) is 5.69 Å². The standard InChI is InChI=1S/C8H11NO2/c1-2-9(11)7-3-5-8(10)6-4-7/h3-6,10-11H,2H2,1H3/p-1. The molecule has 0 spiro atoms. The van der Waals surface area contributed by atoms with Crippen molar-refractivity contribution in [3.8, 4) is 5.75 Å². The summed E-state index contributed by atoms with van der Waals surface area (Å²) in [4.78, 5) is 0. The smallest absolute Gasteiger partial charge is 0.0633 e. The summed E-state index contributed by atoms with van der Waals surface area (Å²) in [6.07, 6.45) is 0. The molecule has 0 heterocycles. The van der Waals surface area contributed by atoms with Crippen LogP contribution < -0.4 is 10.2 Å². The Bertz CT molecular complexity index is 220.